The van der Waals surface area contributed by atoms with Crippen LogP contribution in [0.5, 0.6) is 0 Å². The van der Waals surface area contributed by atoms with Gasteiger partial charge in [-0.3, -0.25) is 10.4 Å². The van der Waals surface area contributed by atoms with Gasteiger partial charge in [0.2, 0.25) is 0 Å². The number of nitrogens with two attached hydrogens (primary N) is 1. The molecular formula is C11H16N4O2. The molecule has 92 valence electrons. The molecule has 0 spiro atoms. The molecule has 6 heteroatoms. The molecule has 1 fully saturated rings. The lowest BCUT2D eigenvalue weighted by Gasteiger charge is -2.36. The van der Waals surface area contributed by atoms with Crippen LogP contribution in [-0.2, 0) is 4.74 Å². The van der Waals surface area contributed by atoms with Crippen LogP contribution in [0.2, 0.25) is 0 Å². The molecule has 0 aromatic carbocycles. The average molecular weight is 236 g/mol. The smallest absolute Gasteiger partial charge is 0.125 e. The number of aliphatic hydroxyl groups is 1. The van der Waals surface area contributed by atoms with Crippen molar-refractivity contribution in [3.05, 3.63) is 24.0 Å². The number of morpholine rings is 1. The van der Waals surface area contributed by atoms with E-state index in [0.29, 0.717) is 25.3 Å². The molecule has 0 aliphatic carbocycles. The van der Waals surface area contributed by atoms with Crippen LogP contribution in [0.25, 0.3) is 0 Å². The van der Waals surface area contributed by atoms with Crippen LogP contribution in [0.15, 0.2) is 18.5 Å². The molecule has 1 aromatic heterocycles. The standard InChI is InChI=1S/C11H16N4O2/c12-11(13)9-1-2-14-5-10(9)15-3-4-17-7-8(15)6-16/h1-2,5,8,16H,3-4,6-7H2,(H3,12,13). The molecule has 1 aliphatic heterocycles. The maximum absolute atomic E-state index is 9.33. The molecule has 1 aliphatic rings. The second-order valence-corrected chi connectivity index (χ2v) is 3.91. The molecule has 0 amide bonds. The Hall–Kier alpha value is -1.66. The van der Waals surface area contributed by atoms with Crippen molar-refractivity contribution in [2.75, 3.05) is 31.3 Å². The van der Waals surface area contributed by atoms with E-state index in [0.717, 1.165) is 5.69 Å². The Morgan fingerprint density at radius 2 is 2.53 bits per heavy atom. The van der Waals surface area contributed by atoms with E-state index in [1.54, 1.807) is 18.5 Å². The van der Waals surface area contributed by atoms with Gasteiger partial charge in [-0.05, 0) is 6.07 Å². The van der Waals surface area contributed by atoms with Crippen molar-refractivity contribution in [3.8, 4) is 0 Å². The Balaban J connectivity index is 2.34. The van der Waals surface area contributed by atoms with Crippen molar-refractivity contribution in [2.45, 2.75) is 6.04 Å². The van der Waals surface area contributed by atoms with Crippen LogP contribution < -0.4 is 10.6 Å². The number of rotatable bonds is 3. The zero-order valence-electron chi connectivity index (χ0n) is 9.47. The summed E-state index contributed by atoms with van der Waals surface area (Å²) in [6.45, 7) is 1.74. The fraction of sp³-hybridized carbons (Fsp3) is 0.455. The minimum Gasteiger partial charge on any atom is -0.394 e. The van der Waals surface area contributed by atoms with Crippen molar-refractivity contribution in [2.24, 2.45) is 5.73 Å². The number of anilines is 1. The van der Waals surface area contributed by atoms with Gasteiger partial charge in [-0.1, -0.05) is 0 Å². The molecule has 0 radical (unpaired) electrons. The maximum Gasteiger partial charge on any atom is 0.125 e. The first-order valence-electron chi connectivity index (χ1n) is 5.47. The van der Waals surface area contributed by atoms with E-state index >= 15 is 0 Å². The summed E-state index contributed by atoms with van der Waals surface area (Å²) in [6.07, 6.45) is 3.28. The molecule has 2 rings (SSSR count). The molecular weight excluding hydrogens is 220 g/mol. The lowest BCUT2D eigenvalue weighted by molar-refractivity contribution is 0.0726. The Kier molecular flexibility index (Phi) is 3.55. The third-order valence-corrected chi connectivity index (χ3v) is 2.84. The van der Waals surface area contributed by atoms with E-state index in [1.807, 2.05) is 4.90 Å². The van der Waals surface area contributed by atoms with Gasteiger partial charge < -0.3 is 20.5 Å². The SMILES string of the molecule is N=C(N)c1ccncc1N1CCOCC1CO. The summed E-state index contributed by atoms with van der Waals surface area (Å²) in [6, 6.07) is 1.60. The number of nitrogens with zero attached hydrogens (tertiary/aromatic N) is 2. The number of amidine groups is 1. The summed E-state index contributed by atoms with van der Waals surface area (Å²) in [5, 5.41) is 16.9. The lowest BCUT2D eigenvalue weighted by atomic mass is 10.1. The molecule has 1 aromatic rings. The second-order valence-electron chi connectivity index (χ2n) is 3.91. The van der Waals surface area contributed by atoms with Crippen molar-refractivity contribution in [3.63, 3.8) is 0 Å². The quantitative estimate of drug-likeness (QED) is 0.488. The van der Waals surface area contributed by atoms with E-state index in [4.69, 9.17) is 15.9 Å². The minimum absolute atomic E-state index is 0.00517. The van der Waals surface area contributed by atoms with Crippen LogP contribution in [0.4, 0.5) is 5.69 Å². The molecule has 6 nitrogen and oxygen atoms in total. The molecule has 0 saturated carbocycles. The van der Waals surface area contributed by atoms with Gasteiger partial charge in [-0.15, -0.1) is 0 Å². The predicted molar refractivity (Wildman–Crippen MR) is 64.3 cm³/mol. The maximum atomic E-state index is 9.33. The largest absolute Gasteiger partial charge is 0.394 e. The zero-order chi connectivity index (χ0) is 12.3. The van der Waals surface area contributed by atoms with Crippen molar-refractivity contribution < 1.29 is 9.84 Å². The van der Waals surface area contributed by atoms with Gasteiger partial charge in [0.05, 0.1) is 37.7 Å². The Morgan fingerprint density at radius 3 is 3.24 bits per heavy atom. The van der Waals surface area contributed by atoms with E-state index in [9.17, 15) is 5.11 Å². The van der Waals surface area contributed by atoms with Gasteiger partial charge >= 0.3 is 0 Å². The number of hydrogen-bond donors (Lipinski definition) is 3. The van der Waals surface area contributed by atoms with Crippen LogP contribution >= 0.6 is 0 Å². The van der Waals surface area contributed by atoms with Gasteiger partial charge in [0.25, 0.3) is 0 Å². The molecule has 2 heterocycles. The number of pyridine rings is 1. The highest BCUT2D eigenvalue weighted by atomic mass is 16.5. The minimum atomic E-state index is -0.106. The van der Waals surface area contributed by atoms with Crippen LogP contribution in [0, 0.1) is 5.41 Å². The first-order valence-corrected chi connectivity index (χ1v) is 5.47. The van der Waals surface area contributed by atoms with E-state index in [2.05, 4.69) is 4.98 Å². The van der Waals surface area contributed by atoms with Gasteiger partial charge in [-0.25, -0.2) is 0 Å². The Morgan fingerprint density at radius 1 is 1.71 bits per heavy atom. The average Bonchev–Trinajstić information content (AvgIpc) is 2.38. The second kappa shape index (κ2) is 5.11. The zero-order valence-corrected chi connectivity index (χ0v) is 9.47. The first kappa shape index (κ1) is 11.8. The summed E-state index contributed by atoms with van der Waals surface area (Å²) in [7, 11) is 0. The third kappa shape index (κ3) is 2.37. The first-order chi connectivity index (χ1) is 8.24. The third-order valence-electron chi connectivity index (χ3n) is 2.84. The molecule has 0 bridgehead atoms. The van der Waals surface area contributed by atoms with Crippen molar-refractivity contribution in [1.29, 1.82) is 5.41 Å². The van der Waals surface area contributed by atoms with E-state index in [1.165, 1.54) is 0 Å². The number of hydrogen-bond acceptors (Lipinski definition) is 5. The van der Waals surface area contributed by atoms with Crippen LogP contribution in [0.3, 0.4) is 0 Å². The Bertz CT molecular complexity index is 410. The molecule has 1 saturated heterocycles. The number of aromatic nitrogens is 1. The van der Waals surface area contributed by atoms with Gasteiger partial charge in [0.1, 0.15) is 5.84 Å². The van der Waals surface area contributed by atoms with Gasteiger partial charge in [0, 0.05) is 18.3 Å². The van der Waals surface area contributed by atoms with Crippen LogP contribution in [-0.4, -0.2) is 48.3 Å². The van der Waals surface area contributed by atoms with Crippen molar-refractivity contribution in [1.82, 2.24) is 4.98 Å². The summed E-state index contributed by atoms with van der Waals surface area (Å²) in [4.78, 5) is 6.05. The van der Waals surface area contributed by atoms with Crippen LogP contribution in [0.1, 0.15) is 5.56 Å². The number of aliphatic hydroxyl groups excluding tert-OH is 1. The molecule has 1 atom stereocenters. The topological polar surface area (TPSA) is 95.5 Å². The molecule has 1 unspecified atom stereocenters. The molecule has 4 N–H and O–H groups in total. The Labute approximate surface area is 99.5 Å². The summed E-state index contributed by atoms with van der Waals surface area (Å²) < 4.78 is 5.32. The lowest BCUT2D eigenvalue weighted by Crippen LogP contribution is -2.48. The van der Waals surface area contributed by atoms with E-state index < -0.39 is 0 Å². The summed E-state index contributed by atoms with van der Waals surface area (Å²) in [5.41, 5.74) is 6.96. The number of nitrogen functional groups attached to an aromatic ring is 1. The fourth-order valence-electron chi connectivity index (χ4n) is 1.97. The number of nitrogens with one attached hydrogen (secondary N) is 1. The van der Waals surface area contributed by atoms with E-state index in [-0.39, 0.29) is 18.5 Å². The predicted octanol–water partition coefficient (Wildman–Crippen LogP) is -0.437. The number of ether oxygens (including phenoxy) is 1. The highest BCUT2D eigenvalue weighted by molar-refractivity contribution is 6.00. The highest BCUT2D eigenvalue weighted by Gasteiger charge is 2.25. The fourth-order valence-corrected chi connectivity index (χ4v) is 1.97. The van der Waals surface area contributed by atoms with Crippen molar-refractivity contribution >= 4 is 11.5 Å². The summed E-state index contributed by atoms with van der Waals surface area (Å²) >= 11 is 0. The van der Waals surface area contributed by atoms with Gasteiger partial charge in [-0.2, -0.15) is 0 Å². The summed E-state index contributed by atoms with van der Waals surface area (Å²) in [5.74, 6) is 0.00517. The monoisotopic (exact) mass is 236 g/mol. The highest BCUT2D eigenvalue weighted by Crippen LogP contribution is 2.22. The molecule has 17 heavy (non-hydrogen) atoms. The normalized spacial score (nSPS) is 20.3. The van der Waals surface area contributed by atoms with Gasteiger partial charge in [0.15, 0.2) is 0 Å².